The number of amides is 1. The second-order valence-corrected chi connectivity index (χ2v) is 27.0. The smallest absolute Gasteiger partial charge is 0.298 e. The number of hydrogen-bond donors (Lipinski definition) is 7. The molecule has 0 saturated carbocycles. The van der Waals surface area contributed by atoms with Crippen molar-refractivity contribution in [3.63, 3.8) is 0 Å². The van der Waals surface area contributed by atoms with Gasteiger partial charge in [0.15, 0.2) is 11.3 Å². The molecule has 0 aliphatic carbocycles. The maximum Gasteiger partial charge on any atom is 0.298 e. The Morgan fingerprint density at radius 1 is 0.759 bits per heavy atom. The lowest BCUT2D eigenvalue weighted by Crippen LogP contribution is -2.11. The third-order valence-corrected chi connectivity index (χ3v) is 18.1. The molecule has 0 atom stereocenters. The summed E-state index contributed by atoms with van der Waals surface area (Å²) in [5.41, 5.74) is -1.64. The van der Waals surface area contributed by atoms with E-state index in [1.807, 2.05) is 6.07 Å². The van der Waals surface area contributed by atoms with Gasteiger partial charge in [-0.25, -0.2) is 9.97 Å². The first-order valence-corrected chi connectivity index (χ1v) is 32.6. The van der Waals surface area contributed by atoms with Crippen LogP contribution in [0.25, 0.3) is 37.7 Å². The van der Waals surface area contributed by atoms with Gasteiger partial charge in [0.25, 0.3) is 50.6 Å². The molecule has 83 heavy (non-hydrogen) atoms. The van der Waals surface area contributed by atoms with Crippen molar-refractivity contribution in [1.82, 2.24) is 14.4 Å². The van der Waals surface area contributed by atoms with Crippen LogP contribution in [0.15, 0.2) is 111 Å². The Labute approximate surface area is 478 Å². The maximum atomic E-state index is 12.8. The number of fused-ring (bicyclic) bond motifs is 6. The number of rotatable bonds is 21. The fourth-order valence-electron chi connectivity index (χ4n) is 8.10. The normalized spacial score (nSPS) is 12.9. The number of pyridine rings is 1. The molecule has 1 amide bonds. The largest absolute Gasteiger partial charge is 0.494 e. The second kappa shape index (κ2) is 23.5. The summed E-state index contributed by atoms with van der Waals surface area (Å²) in [5.74, 6) is -2.89. The molecular formula is C46H41N11O19S7. The molecule has 7 N–H and O–H groups in total. The van der Waals surface area contributed by atoms with Gasteiger partial charge < -0.3 is 19.9 Å². The van der Waals surface area contributed by atoms with Gasteiger partial charge >= 0.3 is 0 Å². The first-order valence-electron chi connectivity index (χ1n) is 23.2. The summed E-state index contributed by atoms with van der Waals surface area (Å²) in [6.07, 6.45) is -0.291. The summed E-state index contributed by atoms with van der Waals surface area (Å²) in [6, 6.07) is 14.3. The van der Waals surface area contributed by atoms with Crippen molar-refractivity contribution in [1.29, 1.82) is 5.26 Å². The number of aryl methyl sites for hydroxylation is 1. The number of aromatic nitrogens is 3. The van der Waals surface area contributed by atoms with Crippen molar-refractivity contribution in [2.24, 2.45) is 30.7 Å². The standard InChI is InChI=1S/C46H41N11O19S7/c1-22-15-32(52-55-39-23(2)28(21-47)44-49-29-9-10-30(48-24(3)58)43(83(72,73)74)41(29)57(44)45(39)59)36(76-11-5-13-79(60,61)62)18-31(22)51-54-34-19-35(75-4)33(20-37(34)77-12-6-14-80(63,64)65)53-56-46-50-40-38(82(69,70)71)17-25-16-26(81(66,67)68)7-8-27(25)42(40)78-46/h7-10,15-20,59H,5-6,11-14H2,1-4H3,(H,48,58)(H,60,61,62)(H,63,64,65)(H,66,67,68)(H,69,70,71)(H,72,73,74). The van der Waals surface area contributed by atoms with E-state index in [1.54, 1.807) is 6.92 Å². The van der Waals surface area contributed by atoms with Crippen LogP contribution in [0.2, 0.25) is 0 Å². The highest BCUT2D eigenvalue weighted by molar-refractivity contribution is 7.99. The third-order valence-electron chi connectivity index (χ3n) is 11.7. The number of nitrogens with one attached hydrogen (secondary N) is 1. The Bertz CT molecular complexity index is 4770. The zero-order valence-electron chi connectivity index (χ0n) is 42.8. The van der Waals surface area contributed by atoms with Gasteiger partial charge in [-0.2, -0.15) is 52.5 Å². The number of carbonyl (C=O) groups excluding carboxylic acids is 1. The van der Waals surface area contributed by atoms with E-state index in [2.05, 4.69) is 46.0 Å². The summed E-state index contributed by atoms with van der Waals surface area (Å²) in [7, 11) is -22.4. The van der Waals surface area contributed by atoms with E-state index >= 15 is 0 Å². The van der Waals surface area contributed by atoms with Crippen LogP contribution in [0.4, 0.5) is 39.3 Å². The predicted molar refractivity (Wildman–Crippen MR) is 300 cm³/mol. The maximum absolute atomic E-state index is 12.8. The lowest BCUT2D eigenvalue weighted by molar-refractivity contribution is -0.114. The van der Waals surface area contributed by atoms with Crippen LogP contribution in [0.1, 0.15) is 36.5 Å². The van der Waals surface area contributed by atoms with E-state index in [9.17, 15) is 80.0 Å². The average molecular weight is 1280 g/mol. The number of benzene rings is 5. The van der Waals surface area contributed by atoms with Crippen LogP contribution < -0.4 is 14.8 Å². The highest BCUT2D eigenvalue weighted by Crippen LogP contribution is 2.46. The Balaban J connectivity index is 1.21. The summed E-state index contributed by atoms with van der Waals surface area (Å²) >= 11 is 1.86. The van der Waals surface area contributed by atoms with E-state index < -0.39 is 99.8 Å². The summed E-state index contributed by atoms with van der Waals surface area (Å²) in [5, 5.41) is 50.4. The van der Waals surface area contributed by atoms with E-state index in [1.165, 1.54) is 50.4 Å². The Kier molecular flexibility index (Phi) is 17.4. The fraction of sp³-hybridized carbons (Fsp3) is 0.217. The van der Waals surface area contributed by atoms with Crippen molar-refractivity contribution in [3.05, 3.63) is 77.4 Å². The Morgan fingerprint density at radius 3 is 2.05 bits per heavy atom. The minimum Gasteiger partial charge on any atom is -0.494 e. The number of thiazole rings is 1. The molecule has 0 spiro atoms. The van der Waals surface area contributed by atoms with Gasteiger partial charge in [-0.05, 0) is 85.9 Å². The molecule has 30 nitrogen and oxygen atoms in total. The fourth-order valence-corrected chi connectivity index (χ4v) is 13.3. The van der Waals surface area contributed by atoms with Gasteiger partial charge in [-0.1, -0.05) is 17.4 Å². The Hall–Kier alpha value is -7.74. The van der Waals surface area contributed by atoms with Gasteiger partial charge in [-0.3, -0.25) is 32.0 Å². The first-order chi connectivity index (χ1) is 38.8. The number of carbonyl (C=O) groups is 1. The van der Waals surface area contributed by atoms with Gasteiger partial charge in [0, 0.05) is 34.9 Å². The molecule has 436 valence electrons. The van der Waals surface area contributed by atoms with Crippen LogP contribution in [-0.2, 0) is 55.4 Å². The monoisotopic (exact) mass is 1280 g/mol. The minimum atomic E-state index is -5.18. The molecule has 0 unspecified atom stereocenters. The van der Waals surface area contributed by atoms with Gasteiger partial charge in [0.05, 0.1) is 57.2 Å². The molecule has 8 rings (SSSR count). The number of hydrogen-bond acceptors (Lipinski definition) is 25. The van der Waals surface area contributed by atoms with E-state index in [4.69, 9.17) is 9.47 Å². The molecule has 0 radical (unpaired) electrons. The van der Waals surface area contributed by atoms with Crippen LogP contribution in [0.3, 0.4) is 0 Å². The zero-order valence-corrected chi connectivity index (χ0v) is 48.6. The second-order valence-electron chi connectivity index (χ2n) is 17.6. The quantitative estimate of drug-likeness (QED) is 0.0152. The lowest BCUT2D eigenvalue weighted by atomic mass is 10.1. The number of nitriles is 1. The highest BCUT2D eigenvalue weighted by Gasteiger charge is 2.29. The molecule has 37 heteroatoms. The van der Waals surface area contributed by atoms with Gasteiger partial charge in [0.2, 0.25) is 16.9 Å². The van der Waals surface area contributed by atoms with Crippen LogP contribution in [-0.4, -0.2) is 121 Å². The molecule has 3 heterocycles. The van der Waals surface area contributed by atoms with Crippen molar-refractivity contribution in [2.75, 3.05) is 36.3 Å². The zero-order chi connectivity index (χ0) is 60.7. The first kappa shape index (κ1) is 61.3. The number of anilines is 1. The highest BCUT2D eigenvalue weighted by atomic mass is 32.2. The van der Waals surface area contributed by atoms with Crippen LogP contribution in [0, 0.1) is 25.2 Å². The van der Waals surface area contributed by atoms with Crippen molar-refractivity contribution < 1.29 is 84.2 Å². The Morgan fingerprint density at radius 2 is 1.41 bits per heavy atom. The van der Waals surface area contributed by atoms with Crippen molar-refractivity contribution in [3.8, 4) is 23.4 Å². The molecule has 0 aliphatic rings. The summed E-state index contributed by atoms with van der Waals surface area (Å²) < 4.78 is 182. The van der Waals surface area contributed by atoms with Crippen LogP contribution >= 0.6 is 23.1 Å². The van der Waals surface area contributed by atoms with Gasteiger partial charge in [0.1, 0.15) is 55.5 Å². The van der Waals surface area contributed by atoms with Gasteiger partial charge in [-0.15, -0.1) is 37.3 Å². The number of ether oxygens (including phenoxy) is 2. The van der Waals surface area contributed by atoms with E-state index in [-0.39, 0.29) is 118 Å². The number of aromatic hydroxyl groups is 1. The number of imidazole rings is 1. The van der Waals surface area contributed by atoms with Crippen molar-refractivity contribution >= 4 is 157 Å². The SMILES string of the molecule is COc1cc(N=Nc2cc(OCCCS(=O)(=O)O)c(N=Nc3c(C)c(C#N)c4nc5ccc(NC(C)=O)c(S(=O)(=O)O)c5n4c3O)cc2C)c(SCCCS(=O)(=O)O)cc1N=Nc1nc2c(S(=O)(=O)O)cc3cc(S(=O)(=O)O)ccc3c2s1. The molecule has 0 bridgehead atoms. The third kappa shape index (κ3) is 13.9. The topological polar surface area (TPSA) is 468 Å². The summed E-state index contributed by atoms with van der Waals surface area (Å²) in [4.78, 5) is 18.8. The van der Waals surface area contributed by atoms with E-state index in [0.29, 0.717) is 5.56 Å². The molecule has 8 aromatic rings. The molecule has 0 fully saturated rings. The predicted octanol–water partition coefficient (Wildman–Crippen LogP) is 9.42. The number of thioether (sulfide) groups is 1. The molecule has 5 aromatic carbocycles. The molecule has 0 saturated heterocycles. The van der Waals surface area contributed by atoms with Crippen molar-refractivity contribution in [2.45, 2.75) is 53.2 Å². The molecule has 3 aromatic heterocycles. The minimum absolute atomic E-state index is 0.000279. The number of methoxy groups -OCH3 is 1. The summed E-state index contributed by atoms with van der Waals surface area (Å²) in [6.45, 7) is 3.68. The molecular weight excluding hydrogens is 1240 g/mol. The lowest BCUT2D eigenvalue weighted by Gasteiger charge is -2.13. The number of nitrogens with zero attached hydrogens (tertiary/aromatic N) is 10. The average Bonchev–Trinajstić information content (AvgIpc) is 1.94. The molecule has 0 aliphatic heterocycles. The van der Waals surface area contributed by atoms with E-state index in [0.717, 1.165) is 58.7 Å². The number of azo groups is 3. The van der Waals surface area contributed by atoms with Crippen LogP contribution in [0.5, 0.6) is 17.4 Å².